The molecule has 0 radical (unpaired) electrons. The first-order chi connectivity index (χ1) is 9.67. The van der Waals surface area contributed by atoms with Crippen molar-refractivity contribution in [3.05, 3.63) is 42.0 Å². The van der Waals surface area contributed by atoms with E-state index in [1.165, 1.54) is 0 Å². The van der Waals surface area contributed by atoms with E-state index in [0.717, 1.165) is 0 Å². The van der Waals surface area contributed by atoms with Gasteiger partial charge in [0.15, 0.2) is 12.4 Å². The highest BCUT2D eigenvalue weighted by Gasteiger charge is 2.05. The number of aromatic nitrogens is 3. The third kappa shape index (κ3) is 3.81. The number of ether oxygens (including phenoxy) is 1. The maximum Gasteiger partial charge on any atom is 0.258 e. The summed E-state index contributed by atoms with van der Waals surface area (Å²) in [7, 11) is 1.76. The Bertz CT molecular complexity index is 627. The molecule has 2 aromatic rings. The number of benzene rings is 1. The van der Waals surface area contributed by atoms with Gasteiger partial charge in [0.05, 0.1) is 18.2 Å². The summed E-state index contributed by atoms with van der Waals surface area (Å²) in [5, 5.41) is 15.3. The highest BCUT2D eigenvalue weighted by molar-refractivity contribution is 5.77. The number of nitrogens with one attached hydrogen (secondary N) is 1. The van der Waals surface area contributed by atoms with Crippen LogP contribution in [-0.2, 0) is 18.4 Å². The summed E-state index contributed by atoms with van der Waals surface area (Å²) in [6.07, 6.45) is 1.56. The summed E-state index contributed by atoms with van der Waals surface area (Å²) in [5.41, 5.74) is 0.544. The van der Waals surface area contributed by atoms with Crippen molar-refractivity contribution in [3.8, 4) is 11.8 Å². The standard InChI is InChI=1S/C13H13N5O2/c1-18-9-16-12(17-18)7-15-13(19)8-20-11-4-2-10(6-14)3-5-11/h2-5,9H,7-8H2,1H3,(H,15,19). The number of nitrogens with zero attached hydrogens (tertiary/aromatic N) is 4. The first-order valence-electron chi connectivity index (χ1n) is 5.91. The van der Waals surface area contributed by atoms with Crippen LogP contribution in [0.15, 0.2) is 30.6 Å². The van der Waals surface area contributed by atoms with Gasteiger partial charge in [-0.05, 0) is 24.3 Å². The molecule has 7 nitrogen and oxygen atoms in total. The van der Waals surface area contributed by atoms with E-state index in [4.69, 9.17) is 10.00 Å². The summed E-state index contributed by atoms with van der Waals surface area (Å²) in [6.45, 7) is 0.162. The molecule has 0 aliphatic carbocycles. The number of hydrogen-bond acceptors (Lipinski definition) is 5. The van der Waals surface area contributed by atoms with Gasteiger partial charge < -0.3 is 10.1 Å². The highest BCUT2D eigenvalue weighted by Crippen LogP contribution is 2.11. The van der Waals surface area contributed by atoms with Gasteiger partial charge in [-0.1, -0.05) is 0 Å². The van der Waals surface area contributed by atoms with E-state index < -0.39 is 0 Å². The zero-order chi connectivity index (χ0) is 14.4. The molecule has 0 bridgehead atoms. The van der Waals surface area contributed by atoms with Crippen molar-refractivity contribution in [2.24, 2.45) is 7.05 Å². The SMILES string of the molecule is Cn1cnc(CNC(=O)COc2ccc(C#N)cc2)n1. The number of aryl methyl sites for hydroxylation is 1. The molecule has 20 heavy (non-hydrogen) atoms. The molecule has 102 valence electrons. The highest BCUT2D eigenvalue weighted by atomic mass is 16.5. The molecule has 0 aliphatic rings. The molecule has 0 fully saturated rings. The second kappa shape index (κ2) is 6.33. The van der Waals surface area contributed by atoms with E-state index in [0.29, 0.717) is 17.1 Å². The number of carbonyl (C=O) groups is 1. The van der Waals surface area contributed by atoms with Gasteiger partial charge in [-0.2, -0.15) is 10.4 Å². The van der Waals surface area contributed by atoms with Gasteiger partial charge in [0.1, 0.15) is 12.1 Å². The summed E-state index contributed by atoms with van der Waals surface area (Å²) in [6, 6.07) is 8.56. The topological polar surface area (TPSA) is 92.8 Å². The fourth-order valence-corrected chi connectivity index (χ4v) is 1.47. The van der Waals surface area contributed by atoms with Crippen LogP contribution in [0.5, 0.6) is 5.75 Å². The van der Waals surface area contributed by atoms with Gasteiger partial charge in [0.2, 0.25) is 0 Å². The van der Waals surface area contributed by atoms with Crippen molar-refractivity contribution in [1.82, 2.24) is 20.1 Å². The minimum Gasteiger partial charge on any atom is -0.484 e. The van der Waals surface area contributed by atoms with Gasteiger partial charge in [0.25, 0.3) is 5.91 Å². The Morgan fingerprint density at radius 1 is 1.45 bits per heavy atom. The van der Waals surface area contributed by atoms with Crippen LogP contribution in [0.4, 0.5) is 0 Å². The van der Waals surface area contributed by atoms with E-state index >= 15 is 0 Å². The number of nitriles is 1. The first-order valence-corrected chi connectivity index (χ1v) is 5.91. The molecule has 7 heteroatoms. The molecule has 0 saturated heterocycles. The van der Waals surface area contributed by atoms with Crippen molar-refractivity contribution in [2.75, 3.05) is 6.61 Å². The summed E-state index contributed by atoms with van der Waals surface area (Å²) in [5.74, 6) is 0.816. The Balaban J connectivity index is 1.75. The van der Waals surface area contributed by atoms with Crippen LogP contribution in [0, 0.1) is 11.3 Å². The van der Waals surface area contributed by atoms with Gasteiger partial charge in [0, 0.05) is 7.05 Å². The van der Waals surface area contributed by atoms with E-state index in [-0.39, 0.29) is 19.1 Å². The predicted octanol–water partition coefficient (Wildman–Crippen LogP) is 0.382. The number of rotatable bonds is 5. The van der Waals surface area contributed by atoms with Crippen LogP contribution in [0.3, 0.4) is 0 Å². The summed E-state index contributed by atoms with van der Waals surface area (Å²) < 4.78 is 6.86. The largest absolute Gasteiger partial charge is 0.484 e. The molecule has 1 heterocycles. The van der Waals surface area contributed by atoms with Gasteiger partial charge >= 0.3 is 0 Å². The Labute approximate surface area is 115 Å². The molecule has 1 N–H and O–H groups in total. The number of hydrogen-bond donors (Lipinski definition) is 1. The summed E-state index contributed by atoms with van der Waals surface area (Å²) >= 11 is 0. The lowest BCUT2D eigenvalue weighted by atomic mass is 10.2. The van der Waals surface area contributed by atoms with Crippen molar-refractivity contribution in [3.63, 3.8) is 0 Å². The normalized spacial score (nSPS) is 9.80. The molecule has 0 atom stereocenters. The van der Waals surface area contributed by atoms with Crippen molar-refractivity contribution >= 4 is 5.91 Å². The fourth-order valence-electron chi connectivity index (χ4n) is 1.47. The average molecular weight is 271 g/mol. The lowest BCUT2D eigenvalue weighted by Crippen LogP contribution is -2.28. The zero-order valence-electron chi connectivity index (χ0n) is 10.9. The maximum atomic E-state index is 11.6. The second-order valence-corrected chi connectivity index (χ2v) is 4.04. The fraction of sp³-hybridized carbons (Fsp3) is 0.231. The van der Waals surface area contributed by atoms with E-state index in [1.54, 1.807) is 42.3 Å². The van der Waals surface area contributed by atoms with Crippen LogP contribution in [0.25, 0.3) is 0 Å². The maximum absolute atomic E-state index is 11.6. The Kier molecular flexibility index (Phi) is 4.29. The van der Waals surface area contributed by atoms with Gasteiger partial charge in [-0.15, -0.1) is 0 Å². The molecule has 1 aromatic heterocycles. The molecular formula is C13H13N5O2. The smallest absolute Gasteiger partial charge is 0.258 e. The molecule has 0 saturated carbocycles. The minimum absolute atomic E-state index is 0.0985. The number of amides is 1. The van der Waals surface area contributed by atoms with Crippen LogP contribution in [0.2, 0.25) is 0 Å². The third-order valence-electron chi connectivity index (χ3n) is 2.44. The lowest BCUT2D eigenvalue weighted by Gasteiger charge is -2.06. The molecule has 0 aliphatic heterocycles. The van der Waals surface area contributed by atoms with Gasteiger partial charge in [-0.25, -0.2) is 4.98 Å². The lowest BCUT2D eigenvalue weighted by molar-refractivity contribution is -0.123. The van der Waals surface area contributed by atoms with E-state index in [1.807, 2.05) is 6.07 Å². The second-order valence-electron chi connectivity index (χ2n) is 4.04. The minimum atomic E-state index is -0.262. The van der Waals surface area contributed by atoms with E-state index in [2.05, 4.69) is 15.4 Å². The average Bonchev–Trinajstić information content (AvgIpc) is 2.89. The number of carbonyl (C=O) groups excluding carboxylic acids is 1. The quantitative estimate of drug-likeness (QED) is 0.848. The molecule has 0 spiro atoms. The molecule has 2 rings (SSSR count). The molecule has 1 amide bonds. The van der Waals surface area contributed by atoms with Crippen molar-refractivity contribution in [2.45, 2.75) is 6.54 Å². The van der Waals surface area contributed by atoms with E-state index in [9.17, 15) is 4.79 Å². The Morgan fingerprint density at radius 2 is 2.20 bits per heavy atom. The van der Waals surface area contributed by atoms with Crippen LogP contribution in [0.1, 0.15) is 11.4 Å². The molecule has 0 unspecified atom stereocenters. The summed E-state index contributed by atoms with van der Waals surface area (Å²) in [4.78, 5) is 15.6. The van der Waals surface area contributed by atoms with Crippen LogP contribution >= 0.6 is 0 Å². The Hall–Kier alpha value is -2.88. The van der Waals surface area contributed by atoms with Crippen molar-refractivity contribution < 1.29 is 9.53 Å². The van der Waals surface area contributed by atoms with Crippen LogP contribution < -0.4 is 10.1 Å². The third-order valence-corrected chi connectivity index (χ3v) is 2.44. The first kappa shape index (κ1) is 13.5. The Morgan fingerprint density at radius 3 is 2.80 bits per heavy atom. The zero-order valence-corrected chi connectivity index (χ0v) is 10.9. The predicted molar refractivity (Wildman–Crippen MR) is 69.5 cm³/mol. The van der Waals surface area contributed by atoms with Crippen LogP contribution in [-0.4, -0.2) is 27.3 Å². The molecule has 1 aromatic carbocycles. The van der Waals surface area contributed by atoms with Crippen molar-refractivity contribution in [1.29, 1.82) is 5.26 Å². The monoisotopic (exact) mass is 271 g/mol. The van der Waals surface area contributed by atoms with Gasteiger partial charge in [-0.3, -0.25) is 9.48 Å². The molecular weight excluding hydrogens is 258 g/mol.